The third-order valence-electron chi connectivity index (χ3n) is 7.60. The first-order chi connectivity index (χ1) is 20.7. The summed E-state index contributed by atoms with van der Waals surface area (Å²) in [5.41, 5.74) is 5.71. The van der Waals surface area contributed by atoms with Gasteiger partial charge < -0.3 is 0 Å². The van der Waals surface area contributed by atoms with Gasteiger partial charge in [-0.05, 0) is 53.0 Å². The van der Waals surface area contributed by atoms with Gasteiger partial charge in [-0.3, -0.25) is 4.99 Å². The van der Waals surface area contributed by atoms with Gasteiger partial charge in [0, 0.05) is 11.7 Å². The van der Waals surface area contributed by atoms with Crippen molar-refractivity contribution >= 4 is 39.5 Å². The fraction of sp³-hybridized carbons (Fsp3) is 0.0500. The summed E-state index contributed by atoms with van der Waals surface area (Å²) in [4.78, 5) is 5.52. The van der Waals surface area contributed by atoms with Crippen LogP contribution in [0.4, 0.5) is 5.69 Å². The molecule has 0 aliphatic carbocycles. The summed E-state index contributed by atoms with van der Waals surface area (Å²) in [6.45, 7) is -0.317. The zero-order valence-electron chi connectivity index (χ0n) is 23.8. The third kappa shape index (κ3) is 5.70. The lowest BCUT2D eigenvalue weighted by Crippen LogP contribution is -2.34. The number of rotatable bonds is 8. The Hall–Kier alpha value is -4.71. The minimum atomic E-state index is -2.44. The molecule has 0 saturated carbocycles. The summed E-state index contributed by atoms with van der Waals surface area (Å²) in [5.74, 6) is 0. The van der Waals surface area contributed by atoms with E-state index in [1.54, 1.807) is 0 Å². The van der Waals surface area contributed by atoms with E-state index in [-0.39, 0.29) is 0 Å². The van der Waals surface area contributed by atoms with E-state index in [1.807, 2.05) is 0 Å². The van der Waals surface area contributed by atoms with Gasteiger partial charge in [0.1, 0.15) is 0 Å². The first-order valence-corrected chi connectivity index (χ1v) is 16.2. The molecule has 0 aliphatic heterocycles. The maximum atomic E-state index is 5.52. The van der Waals surface area contributed by atoms with Crippen LogP contribution >= 0.6 is 6.89 Å². The molecule has 0 aliphatic rings. The smallest absolute Gasteiger partial charge is 0.0633 e. The van der Waals surface area contributed by atoms with Crippen molar-refractivity contribution < 1.29 is 0 Å². The van der Waals surface area contributed by atoms with Gasteiger partial charge in [0.05, 0.1) is 11.4 Å². The third-order valence-corrected chi connectivity index (χ3v) is 12.0. The fourth-order valence-corrected chi connectivity index (χ4v) is 10.3. The van der Waals surface area contributed by atoms with E-state index in [0.717, 1.165) is 11.4 Å². The molecule has 6 aromatic rings. The van der Waals surface area contributed by atoms with Crippen LogP contribution in [0.3, 0.4) is 0 Å². The lowest BCUT2D eigenvalue weighted by atomic mass is 10.0. The molecular formula is C40H34NP. The number of aliphatic imine (C=N–C) groups is 1. The maximum Gasteiger partial charge on any atom is 0.0633 e. The molecule has 0 atom stereocenters. The zero-order valence-corrected chi connectivity index (χ0v) is 24.7. The summed E-state index contributed by atoms with van der Waals surface area (Å²) >= 11 is 0. The minimum Gasteiger partial charge on any atom is -0.252 e. The van der Waals surface area contributed by atoms with E-state index >= 15 is 0 Å². The molecule has 0 radical (unpaired) electrons. The lowest BCUT2D eigenvalue weighted by molar-refractivity contribution is 1.32. The van der Waals surface area contributed by atoms with Crippen LogP contribution in [0.2, 0.25) is 0 Å². The van der Waals surface area contributed by atoms with Crippen molar-refractivity contribution in [3.63, 3.8) is 0 Å². The molecule has 1 nitrogen and oxygen atoms in total. The second-order valence-corrected chi connectivity index (χ2v) is 13.8. The Bertz CT molecular complexity index is 1710. The number of hydrogen-bond acceptors (Lipinski definition) is 1. The summed E-state index contributed by atoms with van der Waals surface area (Å²) in [6, 6.07) is 63.4. The van der Waals surface area contributed by atoms with E-state index in [4.69, 9.17) is 4.99 Å². The van der Waals surface area contributed by atoms with Gasteiger partial charge in [0.2, 0.25) is 0 Å². The van der Waals surface area contributed by atoms with Gasteiger partial charge >= 0.3 is 0 Å². The number of aryl methyl sites for hydroxylation is 1. The summed E-state index contributed by atoms with van der Waals surface area (Å²) in [5, 5.41) is 5.22. The molecular weight excluding hydrogens is 525 g/mol. The van der Waals surface area contributed by atoms with Gasteiger partial charge in [-0.2, -0.15) is 0 Å². The second kappa shape index (κ2) is 12.9. The van der Waals surface area contributed by atoms with E-state index in [0.29, 0.717) is 6.42 Å². The van der Waals surface area contributed by atoms with Gasteiger partial charge in [0.25, 0.3) is 0 Å². The molecule has 0 saturated heterocycles. The zero-order chi connectivity index (χ0) is 28.6. The Morgan fingerprint density at radius 1 is 0.476 bits per heavy atom. The number of benzene rings is 6. The standard InChI is InChI=1S/C40H34NP/c1-32-27-29-35(30-28-32)41-39(31-33-17-7-2-8-18-33)40(34-19-9-3-10-20-34)42(36-21-11-4-12-22-36,37-23-13-5-14-24-37)38-25-15-6-16-26-38/h2-30H,31H2,1H3. The van der Waals surface area contributed by atoms with Crippen LogP contribution in [0.5, 0.6) is 0 Å². The predicted octanol–water partition coefficient (Wildman–Crippen LogP) is 8.53. The van der Waals surface area contributed by atoms with Crippen molar-refractivity contribution in [1.29, 1.82) is 0 Å². The first kappa shape index (κ1) is 27.5. The highest BCUT2D eigenvalue weighted by Crippen LogP contribution is 2.48. The van der Waals surface area contributed by atoms with Crippen molar-refractivity contribution in [2.45, 2.75) is 13.3 Å². The van der Waals surface area contributed by atoms with Crippen LogP contribution in [0.25, 0.3) is 0 Å². The molecule has 42 heavy (non-hydrogen) atoms. The fourth-order valence-electron chi connectivity index (χ4n) is 5.68. The average molecular weight is 560 g/mol. The van der Waals surface area contributed by atoms with E-state index in [2.05, 4.69) is 183 Å². The van der Waals surface area contributed by atoms with Crippen molar-refractivity contribution in [1.82, 2.24) is 0 Å². The highest BCUT2D eigenvalue weighted by Gasteiger charge is 2.33. The molecule has 0 N–H and O–H groups in total. The van der Waals surface area contributed by atoms with Crippen LogP contribution in [0.1, 0.15) is 16.7 Å². The molecule has 0 unspecified atom stereocenters. The van der Waals surface area contributed by atoms with Crippen LogP contribution in [-0.4, -0.2) is 11.0 Å². The van der Waals surface area contributed by atoms with E-state index < -0.39 is 6.89 Å². The molecule has 6 rings (SSSR count). The molecule has 0 fully saturated rings. The topological polar surface area (TPSA) is 12.4 Å². The van der Waals surface area contributed by atoms with Crippen LogP contribution in [0.15, 0.2) is 181 Å². The van der Waals surface area contributed by atoms with Crippen molar-refractivity contribution in [3.05, 3.63) is 193 Å². The molecule has 0 aromatic heterocycles. The molecule has 0 spiro atoms. The number of hydrogen-bond donors (Lipinski definition) is 0. The largest absolute Gasteiger partial charge is 0.252 e. The Morgan fingerprint density at radius 3 is 1.33 bits per heavy atom. The van der Waals surface area contributed by atoms with Gasteiger partial charge in [0.15, 0.2) is 0 Å². The molecule has 0 bridgehead atoms. The Balaban J connectivity index is 1.84. The molecule has 6 aromatic carbocycles. The molecule has 2 heteroatoms. The summed E-state index contributed by atoms with van der Waals surface area (Å²) in [7, 11) is 0. The van der Waals surface area contributed by atoms with Crippen LogP contribution < -0.4 is 15.9 Å². The van der Waals surface area contributed by atoms with Crippen LogP contribution in [0, 0.1) is 6.92 Å². The molecule has 204 valence electrons. The normalized spacial score (nSPS) is 11.7. The second-order valence-electron chi connectivity index (χ2n) is 10.4. The van der Waals surface area contributed by atoms with Crippen molar-refractivity contribution in [2.24, 2.45) is 4.99 Å². The van der Waals surface area contributed by atoms with Gasteiger partial charge in [-0.1, -0.05) is 169 Å². The Morgan fingerprint density at radius 2 is 0.881 bits per heavy atom. The van der Waals surface area contributed by atoms with Gasteiger partial charge in [-0.15, -0.1) is 0 Å². The maximum absolute atomic E-state index is 5.52. The highest BCUT2D eigenvalue weighted by molar-refractivity contribution is 7.96. The quantitative estimate of drug-likeness (QED) is 0.131. The van der Waals surface area contributed by atoms with Crippen molar-refractivity contribution in [2.75, 3.05) is 0 Å². The average Bonchev–Trinajstić information content (AvgIpc) is 3.06. The SMILES string of the molecule is Cc1ccc(N=C(Cc2ccccc2)C(c2ccccc2)=P(c2ccccc2)(c2ccccc2)c2ccccc2)cc1. The summed E-state index contributed by atoms with van der Waals surface area (Å²) < 4.78 is 0. The Labute approximate surface area is 249 Å². The predicted molar refractivity (Wildman–Crippen MR) is 184 cm³/mol. The first-order valence-electron chi connectivity index (χ1n) is 14.4. The monoisotopic (exact) mass is 559 g/mol. The Kier molecular flexibility index (Phi) is 8.41. The van der Waals surface area contributed by atoms with Crippen LogP contribution in [-0.2, 0) is 6.42 Å². The minimum absolute atomic E-state index is 0.715. The summed E-state index contributed by atoms with van der Waals surface area (Å²) in [6.07, 6.45) is 0.715. The van der Waals surface area contributed by atoms with E-state index in [9.17, 15) is 0 Å². The van der Waals surface area contributed by atoms with Gasteiger partial charge in [-0.25, -0.2) is 0 Å². The number of nitrogens with zero attached hydrogens (tertiary/aromatic N) is 1. The lowest BCUT2D eigenvalue weighted by Gasteiger charge is -2.34. The molecule has 0 heterocycles. The van der Waals surface area contributed by atoms with Crippen molar-refractivity contribution in [3.8, 4) is 0 Å². The van der Waals surface area contributed by atoms with E-state index in [1.165, 1.54) is 37.9 Å². The highest BCUT2D eigenvalue weighted by atomic mass is 31.2. The molecule has 0 amide bonds.